The van der Waals surface area contributed by atoms with Crippen LogP contribution in [0.15, 0.2) is 125 Å². The first-order valence-electron chi connectivity index (χ1n) is 14.2. The van der Waals surface area contributed by atoms with Crippen molar-refractivity contribution < 1.29 is 46.1 Å². The Labute approximate surface area is 271 Å². The van der Waals surface area contributed by atoms with Crippen LogP contribution in [0, 0.1) is 5.41 Å². The maximum absolute atomic E-state index is 4.22. The third kappa shape index (κ3) is 6.12. The second-order valence-electron chi connectivity index (χ2n) is 11.9. The first-order chi connectivity index (χ1) is 19.4. The predicted molar refractivity (Wildman–Crippen MR) is 171 cm³/mol. The number of benzene rings is 4. The topological polar surface area (TPSA) is 0 Å². The molecule has 0 spiro atoms. The summed E-state index contributed by atoms with van der Waals surface area (Å²) < 4.78 is 4.80. The van der Waals surface area contributed by atoms with E-state index in [4.69, 9.17) is 0 Å². The molecule has 0 saturated heterocycles. The quantitative estimate of drug-likeness (QED) is 0.261. The molecule has 42 heavy (non-hydrogen) atoms. The zero-order chi connectivity index (χ0) is 27.9. The summed E-state index contributed by atoms with van der Waals surface area (Å²) in [6, 6.07) is 34.0. The van der Waals surface area contributed by atoms with Gasteiger partial charge in [-0.3, -0.25) is 0 Å². The van der Waals surface area contributed by atoms with E-state index in [-0.39, 0.29) is 30.2 Å². The number of halogens is 2. The summed E-state index contributed by atoms with van der Waals surface area (Å²) in [6.07, 6.45) is 11.1. The predicted octanol–water partition coefficient (Wildman–Crippen LogP) is 3.32. The van der Waals surface area contributed by atoms with Crippen LogP contribution in [0.2, 0.25) is 0 Å². The molecule has 0 N–H and O–H groups in total. The summed E-state index contributed by atoms with van der Waals surface area (Å²) in [7, 11) is 0. The third-order valence-electron chi connectivity index (χ3n) is 8.24. The number of rotatable bonds is 6. The van der Waals surface area contributed by atoms with Crippen LogP contribution < -0.4 is 28.1 Å². The van der Waals surface area contributed by atoms with Crippen LogP contribution >= 0.6 is 0 Å². The maximum atomic E-state index is 4.22. The molecule has 3 heteroatoms. The number of hydrogen-bond acceptors (Lipinski definition) is 0. The number of fused-ring (bicyclic) bond motifs is 3. The van der Waals surface area contributed by atoms with Gasteiger partial charge in [-0.2, -0.15) is 0 Å². The smallest absolute Gasteiger partial charge is 1.00 e. The van der Waals surface area contributed by atoms with Crippen LogP contribution in [0.25, 0.3) is 23.3 Å². The summed E-state index contributed by atoms with van der Waals surface area (Å²) in [5.74, 6) is 0. The van der Waals surface area contributed by atoms with Crippen LogP contribution in [0.1, 0.15) is 60.6 Å². The fourth-order valence-electron chi connectivity index (χ4n) is 6.14. The standard InChI is InChI=1S/C17H13.C13H10.C9H13.2ClH.Zr/c1-3-12-5-7-14-11-15-8-6-13(4-2)10-17(15)16(14)9-12;1-3-7-12(8-4-1)11-13-9-5-2-6-10-13;1-9(2,3)8-6-4-5-7-8;;;/h3-7,9-10H,1-2,11H2;1-10H;6-7H,4H2,1-3H3;2*1H;/q;;;;;+2/p-2. The van der Waals surface area contributed by atoms with Gasteiger partial charge in [0.2, 0.25) is 0 Å². The van der Waals surface area contributed by atoms with Gasteiger partial charge < -0.3 is 24.8 Å². The minimum Gasteiger partial charge on any atom is -1.00 e. The van der Waals surface area contributed by atoms with E-state index in [0.29, 0.717) is 0 Å². The Morgan fingerprint density at radius 3 is 1.88 bits per heavy atom. The minimum atomic E-state index is -2.74. The molecule has 6 rings (SSSR count). The van der Waals surface area contributed by atoms with Crippen LogP contribution in [0.5, 0.6) is 0 Å². The molecule has 210 valence electrons. The molecule has 0 heterocycles. The zero-order valence-electron chi connectivity index (χ0n) is 24.6. The molecular weight excluding hydrogens is 631 g/mol. The Kier molecular flexibility index (Phi) is 10.1. The molecular formula is C39H36Cl2Zr. The Hall–Kier alpha value is -2.83. The monoisotopic (exact) mass is 664 g/mol. The molecule has 0 fully saturated rings. The second kappa shape index (κ2) is 13.2. The summed E-state index contributed by atoms with van der Waals surface area (Å²) in [5, 5.41) is 0. The van der Waals surface area contributed by atoms with Crippen molar-refractivity contribution in [3.63, 3.8) is 0 Å². The van der Waals surface area contributed by atoms with Crippen molar-refractivity contribution in [1.29, 1.82) is 0 Å². The van der Waals surface area contributed by atoms with Crippen LogP contribution in [-0.4, -0.2) is 3.21 Å². The van der Waals surface area contributed by atoms with Gasteiger partial charge in [-0.25, -0.2) is 0 Å². The number of allylic oxidation sites excluding steroid dienone is 4. The van der Waals surface area contributed by atoms with E-state index in [1.807, 2.05) is 12.2 Å². The van der Waals surface area contributed by atoms with Crippen molar-refractivity contribution in [2.24, 2.45) is 5.41 Å². The van der Waals surface area contributed by atoms with Crippen molar-refractivity contribution in [2.45, 2.75) is 33.6 Å². The summed E-state index contributed by atoms with van der Waals surface area (Å²) >= 11 is -2.74. The third-order valence-corrected chi connectivity index (χ3v) is 15.7. The molecule has 2 aliphatic rings. The van der Waals surface area contributed by atoms with Gasteiger partial charge in [0, 0.05) is 0 Å². The molecule has 0 amide bonds. The van der Waals surface area contributed by atoms with Crippen molar-refractivity contribution in [3.05, 3.63) is 159 Å². The van der Waals surface area contributed by atoms with Gasteiger partial charge >= 0.3 is 249 Å². The molecule has 0 nitrogen and oxygen atoms in total. The van der Waals surface area contributed by atoms with Crippen molar-refractivity contribution >= 4 is 18.6 Å². The fourth-order valence-corrected chi connectivity index (χ4v) is 14.2. The number of hydrogen-bond donors (Lipinski definition) is 0. The SMILES string of the molecule is C=Cc1ccc2c(c1)-c1cc(C=C)c[c]([Zr+2]([C]3=CC(C(C)(C)C)=CC3)=[C](c3ccccc3)c3ccccc3)c1C2.[Cl-].[Cl-]. The summed E-state index contributed by atoms with van der Waals surface area (Å²) in [5.41, 5.74) is 12.4. The van der Waals surface area contributed by atoms with Gasteiger partial charge in [-0.1, -0.05) is 0 Å². The van der Waals surface area contributed by atoms with Crippen LogP contribution in [-0.2, 0) is 27.7 Å². The van der Waals surface area contributed by atoms with Crippen molar-refractivity contribution in [3.8, 4) is 11.1 Å². The van der Waals surface area contributed by atoms with Gasteiger partial charge in [0.25, 0.3) is 0 Å². The molecule has 4 aromatic carbocycles. The van der Waals surface area contributed by atoms with E-state index in [9.17, 15) is 0 Å². The van der Waals surface area contributed by atoms with Crippen LogP contribution in [0.4, 0.5) is 0 Å². The largest absolute Gasteiger partial charge is 1.00 e. The molecule has 2 aliphatic carbocycles. The van der Waals surface area contributed by atoms with Crippen LogP contribution in [0.3, 0.4) is 0 Å². The van der Waals surface area contributed by atoms with E-state index in [0.717, 1.165) is 12.8 Å². The normalized spacial score (nSPS) is 12.8. The van der Waals surface area contributed by atoms with E-state index in [1.54, 1.807) is 9.76 Å². The Morgan fingerprint density at radius 1 is 0.738 bits per heavy atom. The van der Waals surface area contributed by atoms with Crippen molar-refractivity contribution in [1.82, 2.24) is 0 Å². The van der Waals surface area contributed by atoms with Gasteiger partial charge in [0.1, 0.15) is 0 Å². The molecule has 4 aromatic rings. The average molecular weight is 667 g/mol. The Bertz CT molecular complexity index is 1690. The molecule has 0 saturated carbocycles. The van der Waals surface area contributed by atoms with E-state index in [1.165, 1.54) is 50.1 Å². The van der Waals surface area contributed by atoms with Gasteiger partial charge in [-0.15, -0.1) is 0 Å². The molecule has 0 radical (unpaired) electrons. The first kappa shape index (κ1) is 32.1. The minimum absolute atomic E-state index is 0. The Balaban J connectivity index is 0.00000202. The second-order valence-corrected chi connectivity index (χ2v) is 17.8. The molecule has 0 aromatic heterocycles. The molecule has 0 bridgehead atoms. The maximum Gasteiger partial charge on any atom is -1.00 e. The van der Waals surface area contributed by atoms with E-state index < -0.39 is 21.3 Å². The van der Waals surface area contributed by atoms with E-state index in [2.05, 4.69) is 137 Å². The van der Waals surface area contributed by atoms with Gasteiger partial charge in [0.05, 0.1) is 0 Å². The molecule has 0 aliphatic heterocycles. The Morgan fingerprint density at radius 2 is 1.33 bits per heavy atom. The van der Waals surface area contributed by atoms with E-state index >= 15 is 0 Å². The average Bonchev–Trinajstić information content (AvgIpc) is 3.61. The fraction of sp³-hybridized carbons (Fsp3) is 0.154. The molecule has 0 unspecified atom stereocenters. The first-order valence-corrected chi connectivity index (χ1v) is 17.9. The van der Waals surface area contributed by atoms with Crippen molar-refractivity contribution in [2.75, 3.05) is 0 Å². The summed E-state index contributed by atoms with van der Waals surface area (Å²) in [4.78, 5) is 0. The van der Waals surface area contributed by atoms with Gasteiger partial charge in [-0.05, 0) is 0 Å². The molecule has 0 atom stereocenters. The van der Waals surface area contributed by atoms with Gasteiger partial charge in [0.15, 0.2) is 0 Å². The zero-order valence-corrected chi connectivity index (χ0v) is 28.5. The summed E-state index contributed by atoms with van der Waals surface area (Å²) in [6.45, 7) is 15.3.